The SMILES string of the molecule is Cc1ccc(N2CCN(C(=O)Cc3cccc(F)c3)CC2=O)cc1. The molecule has 0 atom stereocenters. The maximum atomic E-state index is 13.2. The van der Waals surface area contributed by atoms with Crippen molar-refractivity contribution in [2.45, 2.75) is 13.3 Å². The van der Waals surface area contributed by atoms with E-state index < -0.39 is 0 Å². The number of amides is 2. The Labute approximate surface area is 140 Å². The number of rotatable bonds is 3. The lowest BCUT2D eigenvalue weighted by Gasteiger charge is -2.34. The van der Waals surface area contributed by atoms with Gasteiger partial charge in [0.2, 0.25) is 11.8 Å². The molecule has 3 rings (SSSR count). The van der Waals surface area contributed by atoms with E-state index in [4.69, 9.17) is 0 Å². The Hall–Kier alpha value is -2.69. The quantitative estimate of drug-likeness (QED) is 0.870. The Kier molecular flexibility index (Phi) is 4.60. The molecule has 2 aromatic carbocycles. The Morgan fingerprint density at radius 2 is 1.88 bits per heavy atom. The Morgan fingerprint density at radius 3 is 2.54 bits per heavy atom. The largest absolute Gasteiger partial charge is 0.331 e. The molecule has 24 heavy (non-hydrogen) atoms. The van der Waals surface area contributed by atoms with E-state index in [-0.39, 0.29) is 30.6 Å². The fourth-order valence-corrected chi connectivity index (χ4v) is 2.82. The van der Waals surface area contributed by atoms with Crippen molar-refractivity contribution in [2.75, 3.05) is 24.5 Å². The monoisotopic (exact) mass is 326 g/mol. The summed E-state index contributed by atoms with van der Waals surface area (Å²) >= 11 is 0. The normalized spacial score (nSPS) is 14.8. The molecule has 1 saturated heterocycles. The van der Waals surface area contributed by atoms with Crippen molar-refractivity contribution in [3.05, 3.63) is 65.5 Å². The summed E-state index contributed by atoms with van der Waals surface area (Å²) in [6.45, 7) is 3.00. The molecule has 124 valence electrons. The highest BCUT2D eigenvalue weighted by Crippen LogP contribution is 2.18. The molecule has 5 heteroatoms. The van der Waals surface area contributed by atoms with Crippen LogP contribution in [-0.4, -0.2) is 36.3 Å². The standard InChI is InChI=1S/C19H19FN2O2/c1-14-5-7-17(8-6-14)22-10-9-21(13-19(22)24)18(23)12-15-3-2-4-16(20)11-15/h2-8,11H,9-10,12-13H2,1H3. The first-order valence-corrected chi connectivity index (χ1v) is 7.92. The van der Waals surface area contributed by atoms with Crippen LogP contribution in [0.15, 0.2) is 48.5 Å². The summed E-state index contributed by atoms with van der Waals surface area (Å²) in [5.41, 5.74) is 2.60. The number of aryl methyl sites for hydroxylation is 1. The lowest BCUT2D eigenvalue weighted by atomic mass is 10.1. The van der Waals surface area contributed by atoms with Crippen LogP contribution >= 0.6 is 0 Å². The first kappa shape index (κ1) is 16.2. The zero-order chi connectivity index (χ0) is 17.1. The molecule has 0 N–H and O–H groups in total. The predicted molar refractivity (Wildman–Crippen MR) is 90.2 cm³/mol. The van der Waals surface area contributed by atoms with Gasteiger partial charge in [-0.15, -0.1) is 0 Å². The maximum Gasteiger partial charge on any atom is 0.246 e. The number of hydrogen-bond acceptors (Lipinski definition) is 2. The number of halogens is 1. The summed E-state index contributed by atoms with van der Waals surface area (Å²) in [6.07, 6.45) is 0.107. The van der Waals surface area contributed by atoms with Gasteiger partial charge in [0, 0.05) is 18.8 Å². The first-order valence-electron chi connectivity index (χ1n) is 7.92. The average molecular weight is 326 g/mol. The van der Waals surface area contributed by atoms with Gasteiger partial charge in [-0.2, -0.15) is 0 Å². The third kappa shape index (κ3) is 3.62. The fraction of sp³-hybridized carbons (Fsp3) is 0.263. The van der Waals surface area contributed by atoms with Crippen LogP contribution in [-0.2, 0) is 16.0 Å². The maximum absolute atomic E-state index is 13.2. The molecular weight excluding hydrogens is 307 g/mol. The third-order valence-electron chi connectivity index (χ3n) is 4.16. The highest BCUT2D eigenvalue weighted by molar-refractivity contribution is 5.98. The molecule has 0 bridgehead atoms. The first-order chi connectivity index (χ1) is 11.5. The number of carbonyl (C=O) groups is 2. The average Bonchev–Trinajstić information content (AvgIpc) is 2.56. The number of anilines is 1. The summed E-state index contributed by atoms with van der Waals surface area (Å²) < 4.78 is 13.2. The minimum Gasteiger partial charge on any atom is -0.331 e. The van der Waals surface area contributed by atoms with Gasteiger partial charge in [0.1, 0.15) is 12.4 Å². The number of nitrogens with zero attached hydrogens (tertiary/aromatic N) is 2. The van der Waals surface area contributed by atoms with E-state index in [2.05, 4.69) is 0 Å². The molecule has 0 aliphatic carbocycles. The van der Waals surface area contributed by atoms with Gasteiger partial charge in [-0.25, -0.2) is 4.39 Å². The second kappa shape index (κ2) is 6.83. The van der Waals surface area contributed by atoms with Gasteiger partial charge in [-0.05, 0) is 36.8 Å². The van der Waals surface area contributed by atoms with Crippen molar-refractivity contribution in [3.8, 4) is 0 Å². The van der Waals surface area contributed by atoms with Crippen LogP contribution in [0, 0.1) is 12.7 Å². The fourth-order valence-electron chi connectivity index (χ4n) is 2.82. The van der Waals surface area contributed by atoms with E-state index in [1.54, 1.807) is 17.0 Å². The van der Waals surface area contributed by atoms with E-state index in [0.29, 0.717) is 18.7 Å². The van der Waals surface area contributed by atoms with Crippen molar-refractivity contribution in [3.63, 3.8) is 0 Å². The number of benzene rings is 2. The Bertz CT molecular complexity index is 758. The van der Waals surface area contributed by atoms with E-state index in [1.165, 1.54) is 17.0 Å². The minimum atomic E-state index is -0.361. The predicted octanol–water partition coefficient (Wildman–Crippen LogP) is 2.55. The van der Waals surface area contributed by atoms with Crippen molar-refractivity contribution in [1.29, 1.82) is 0 Å². The molecule has 1 aliphatic rings. The van der Waals surface area contributed by atoms with Crippen LogP contribution in [0.2, 0.25) is 0 Å². The smallest absolute Gasteiger partial charge is 0.246 e. The second-order valence-corrected chi connectivity index (χ2v) is 6.00. The molecule has 1 fully saturated rings. The zero-order valence-corrected chi connectivity index (χ0v) is 13.5. The van der Waals surface area contributed by atoms with Gasteiger partial charge in [-0.1, -0.05) is 29.8 Å². The number of piperazine rings is 1. The third-order valence-corrected chi connectivity index (χ3v) is 4.16. The number of hydrogen-bond donors (Lipinski definition) is 0. The van der Waals surface area contributed by atoms with Gasteiger partial charge < -0.3 is 9.80 Å². The van der Waals surface area contributed by atoms with Crippen LogP contribution in [0.4, 0.5) is 10.1 Å². The van der Waals surface area contributed by atoms with E-state index in [0.717, 1.165) is 11.3 Å². The molecule has 2 amide bonds. The van der Waals surface area contributed by atoms with Crippen molar-refractivity contribution < 1.29 is 14.0 Å². The van der Waals surface area contributed by atoms with Crippen LogP contribution in [0.25, 0.3) is 0 Å². The summed E-state index contributed by atoms with van der Waals surface area (Å²) in [4.78, 5) is 28.0. The van der Waals surface area contributed by atoms with Crippen LogP contribution in [0.3, 0.4) is 0 Å². The van der Waals surface area contributed by atoms with Gasteiger partial charge in [0.25, 0.3) is 0 Å². The molecule has 1 heterocycles. The number of carbonyl (C=O) groups excluding carboxylic acids is 2. The van der Waals surface area contributed by atoms with E-state index in [1.807, 2.05) is 31.2 Å². The Morgan fingerprint density at radius 1 is 1.12 bits per heavy atom. The molecule has 1 aliphatic heterocycles. The van der Waals surface area contributed by atoms with Crippen molar-refractivity contribution in [2.24, 2.45) is 0 Å². The second-order valence-electron chi connectivity index (χ2n) is 6.00. The van der Waals surface area contributed by atoms with Gasteiger partial charge in [-0.3, -0.25) is 9.59 Å². The summed E-state index contributed by atoms with van der Waals surface area (Å²) in [6, 6.07) is 13.7. The van der Waals surface area contributed by atoms with Crippen molar-refractivity contribution >= 4 is 17.5 Å². The van der Waals surface area contributed by atoms with Gasteiger partial charge in [0.05, 0.1) is 6.42 Å². The zero-order valence-electron chi connectivity index (χ0n) is 13.5. The molecule has 0 aromatic heterocycles. The molecular formula is C19H19FN2O2. The molecule has 0 unspecified atom stereocenters. The Balaban J connectivity index is 1.63. The highest BCUT2D eigenvalue weighted by Gasteiger charge is 2.27. The summed E-state index contributed by atoms with van der Waals surface area (Å²) in [5, 5.41) is 0. The lowest BCUT2D eigenvalue weighted by molar-refractivity contribution is -0.136. The molecule has 0 radical (unpaired) electrons. The van der Waals surface area contributed by atoms with Crippen LogP contribution in [0.5, 0.6) is 0 Å². The lowest BCUT2D eigenvalue weighted by Crippen LogP contribution is -2.52. The highest BCUT2D eigenvalue weighted by atomic mass is 19.1. The van der Waals surface area contributed by atoms with Gasteiger partial charge in [0.15, 0.2) is 0 Å². The van der Waals surface area contributed by atoms with Gasteiger partial charge >= 0.3 is 0 Å². The molecule has 2 aromatic rings. The minimum absolute atomic E-state index is 0.0576. The van der Waals surface area contributed by atoms with E-state index in [9.17, 15) is 14.0 Å². The molecule has 0 saturated carbocycles. The topological polar surface area (TPSA) is 40.6 Å². The van der Waals surface area contributed by atoms with E-state index >= 15 is 0 Å². The summed E-state index contributed by atoms with van der Waals surface area (Å²) in [7, 11) is 0. The van der Waals surface area contributed by atoms with Crippen LogP contribution < -0.4 is 4.90 Å². The van der Waals surface area contributed by atoms with Crippen LogP contribution in [0.1, 0.15) is 11.1 Å². The molecule has 0 spiro atoms. The summed E-state index contributed by atoms with van der Waals surface area (Å²) in [5.74, 6) is -0.615. The van der Waals surface area contributed by atoms with Crippen molar-refractivity contribution in [1.82, 2.24) is 4.90 Å². The molecule has 4 nitrogen and oxygen atoms in total.